The lowest BCUT2D eigenvalue weighted by molar-refractivity contribution is 0.344. The monoisotopic (exact) mass is 226 g/mol. The zero-order chi connectivity index (χ0) is 10.9. The molecule has 0 fully saturated rings. The third-order valence-corrected chi connectivity index (χ3v) is 3.87. The molecule has 0 radical (unpaired) electrons. The first kappa shape index (κ1) is 10.3. The summed E-state index contributed by atoms with van der Waals surface area (Å²) in [6.07, 6.45) is 3.30. The van der Waals surface area contributed by atoms with Crippen LogP contribution in [0.2, 0.25) is 0 Å². The van der Waals surface area contributed by atoms with Crippen LogP contribution in [0.1, 0.15) is 13.8 Å². The van der Waals surface area contributed by atoms with Gasteiger partial charge in [-0.1, -0.05) is 0 Å². The van der Waals surface area contributed by atoms with Gasteiger partial charge in [0.2, 0.25) is 0 Å². The lowest BCUT2D eigenvalue weighted by atomic mass is 10.7. The Balaban J connectivity index is 2.36. The molecule has 15 heavy (non-hydrogen) atoms. The Morgan fingerprint density at radius 1 is 1.60 bits per heavy atom. The zero-order valence-electron chi connectivity index (χ0n) is 8.49. The van der Waals surface area contributed by atoms with Gasteiger partial charge in [0.25, 0.3) is 5.96 Å². The normalized spacial score (nSPS) is 25.2. The molecule has 0 saturated heterocycles. The minimum absolute atomic E-state index is 0.314. The van der Waals surface area contributed by atoms with E-state index >= 15 is 0 Å². The second-order valence-electron chi connectivity index (χ2n) is 2.95. The zero-order valence-corrected chi connectivity index (χ0v) is 9.39. The summed E-state index contributed by atoms with van der Waals surface area (Å²) in [4.78, 5) is 4.08. The molecule has 0 aromatic carbocycles. The fraction of sp³-hybridized carbons (Fsp3) is 0.375. The molecular weight excluding hydrogens is 215 g/mol. The second kappa shape index (κ2) is 3.72. The third kappa shape index (κ3) is 1.78. The number of nitrogens with zero attached hydrogens (tertiary/aromatic N) is 4. The number of aliphatic imine (C=N–C) groups is 1. The lowest BCUT2D eigenvalue weighted by Crippen LogP contribution is -2.07. The fourth-order valence-electron chi connectivity index (χ4n) is 1.20. The van der Waals surface area contributed by atoms with E-state index in [4.69, 9.17) is 4.52 Å². The summed E-state index contributed by atoms with van der Waals surface area (Å²) < 4.78 is 22.6. The molecule has 80 valence electrons. The molecule has 1 aliphatic heterocycles. The highest BCUT2D eigenvalue weighted by Gasteiger charge is 2.33. The highest BCUT2D eigenvalue weighted by Crippen LogP contribution is 2.53. The summed E-state index contributed by atoms with van der Waals surface area (Å²) in [6, 6.07) is 1.75. The SMILES string of the molecule is CCOP1(=O)N=C(n2cccn2)N=C1C. The maximum absolute atomic E-state index is 12.1. The summed E-state index contributed by atoms with van der Waals surface area (Å²) in [7, 11) is -3.08. The van der Waals surface area contributed by atoms with Gasteiger partial charge in [0.15, 0.2) is 0 Å². The Morgan fingerprint density at radius 3 is 3.00 bits per heavy atom. The smallest absolute Gasteiger partial charge is 0.308 e. The maximum atomic E-state index is 12.1. The van der Waals surface area contributed by atoms with E-state index in [1.807, 2.05) is 0 Å². The Bertz CT molecular complexity index is 463. The van der Waals surface area contributed by atoms with Gasteiger partial charge in [0.05, 0.1) is 6.61 Å². The number of aromatic nitrogens is 2. The standard InChI is InChI=1S/C8H11N4O2P/c1-3-14-15(13)7(2)10-8(11-15)12-6-4-5-9-12/h4-6H,3H2,1-2H3. The second-order valence-corrected chi connectivity index (χ2v) is 5.09. The molecule has 2 rings (SSSR count). The van der Waals surface area contributed by atoms with Crippen LogP contribution in [-0.4, -0.2) is 27.8 Å². The van der Waals surface area contributed by atoms with Crippen molar-refractivity contribution in [1.82, 2.24) is 9.78 Å². The van der Waals surface area contributed by atoms with Crippen LogP contribution in [0.25, 0.3) is 0 Å². The summed E-state index contributed by atoms with van der Waals surface area (Å²) in [5.41, 5.74) is 0.412. The minimum atomic E-state index is -3.08. The van der Waals surface area contributed by atoms with Gasteiger partial charge < -0.3 is 4.52 Å². The van der Waals surface area contributed by atoms with Crippen molar-refractivity contribution >= 4 is 18.9 Å². The van der Waals surface area contributed by atoms with E-state index in [9.17, 15) is 4.57 Å². The molecule has 0 N–H and O–H groups in total. The largest absolute Gasteiger partial charge is 0.361 e. The van der Waals surface area contributed by atoms with Crippen LogP contribution in [0.4, 0.5) is 0 Å². The molecule has 0 saturated carbocycles. The van der Waals surface area contributed by atoms with Crippen LogP contribution < -0.4 is 0 Å². The van der Waals surface area contributed by atoms with Crippen molar-refractivity contribution in [2.45, 2.75) is 13.8 Å². The molecule has 0 spiro atoms. The average molecular weight is 226 g/mol. The van der Waals surface area contributed by atoms with Gasteiger partial charge in [-0.25, -0.2) is 9.67 Å². The van der Waals surface area contributed by atoms with Crippen molar-refractivity contribution in [3.05, 3.63) is 18.5 Å². The highest BCUT2D eigenvalue weighted by atomic mass is 31.2. The Kier molecular flexibility index (Phi) is 2.54. The molecule has 0 aliphatic carbocycles. The summed E-state index contributed by atoms with van der Waals surface area (Å²) in [5.74, 6) is 0.314. The molecule has 1 aromatic rings. The van der Waals surface area contributed by atoms with Crippen LogP contribution in [0.15, 0.2) is 28.2 Å². The highest BCUT2D eigenvalue weighted by molar-refractivity contribution is 7.76. The number of hydrogen-bond donors (Lipinski definition) is 0. The van der Waals surface area contributed by atoms with E-state index in [0.29, 0.717) is 18.0 Å². The summed E-state index contributed by atoms with van der Waals surface area (Å²) in [6.45, 7) is 3.77. The lowest BCUT2D eigenvalue weighted by Gasteiger charge is -2.05. The topological polar surface area (TPSA) is 68.8 Å². The van der Waals surface area contributed by atoms with Crippen molar-refractivity contribution in [3.8, 4) is 0 Å². The first-order valence-electron chi connectivity index (χ1n) is 4.56. The molecule has 7 heteroatoms. The van der Waals surface area contributed by atoms with Crippen LogP contribution in [0, 0.1) is 0 Å². The minimum Gasteiger partial charge on any atom is -0.308 e. The van der Waals surface area contributed by atoms with E-state index in [2.05, 4.69) is 14.9 Å². The summed E-state index contributed by atoms with van der Waals surface area (Å²) in [5, 5.41) is 3.96. The van der Waals surface area contributed by atoms with Gasteiger partial charge in [-0.05, 0) is 19.9 Å². The molecule has 1 unspecified atom stereocenters. The predicted octanol–water partition coefficient (Wildman–Crippen LogP) is 1.75. The van der Waals surface area contributed by atoms with E-state index < -0.39 is 7.52 Å². The fourth-order valence-corrected chi connectivity index (χ4v) is 2.53. The van der Waals surface area contributed by atoms with Crippen molar-refractivity contribution in [1.29, 1.82) is 0 Å². The quantitative estimate of drug-likeness (QED) is 0.721. The van der Waals surface area contributed by atoms with Crippen LogP contribution in [0.3, 0.4) is 0 Å². The van der Waals surface area contributed by atoms with Gasteiger partial charge >= 0.3 is 7.52 Å². The van der Waals surface area contributed by atoms with Gasteiger partial charge in [0.1, 0.15) is 5.45 Å². The molecule has 1 atom stereocenters. The molecular formula is C8H11N4O2P. The van der Waals surface area contributed by atoms with Gasteiger partial charge in [-0.3, -0.25) is 4.57 Å². The van der Waals surface area contributed by atoms with Gasteiger partial charge in [-0.2, -0.15) is 9.86 Å². The first-order valence-corrected chi connectivity index (χ1v) is 6.14. The Hall–Kier alpha value is -1.26. The molecule has 0 bridgehead atoms. The Labute approximate surface area is 87.2 Å². The van der Waals surface area contributed by atoms with E-state index in [1.165, 1.54) is 4.68 Å². The van der Waals surface area contributed by atoms with Gasteiger partial charge in [0, 0.05) is 12.4 Å². The van der Waals surface area contributed by atoms with Crippen molar-refractivity contribution in [3.63, 3.8) is 0 Å². The third-order valence-electron chi connectivity index (χ3n) is 1.91. The van der Waals surface area contributed by atoms with E-state index in [-0.39, 0.29) is 0 Å². The molecule has 1 aliphatic rings. The molecule has 1 aromatic heterocycles. The number of hydrogen-bond acceptors (Lipinski definition) is 4. The average Bonchev–Trinajstić information content (AvgIpc) is 2.76. The predicted molar refractivity (Wildman–Crippen MR) is 57.4 cm³/mol. The Morgan fingerprint density at radius 2 is 2.40 bits per heavy atom. The van der Waals surface area contributed by atoms with Crippen LogP contribution in [0.5, 0.6) is 0 Å². The molecule has 2 heterocycles. The van der Waals surface area contributed by atoms with Crippen LogP contribution >= 0.6 is 7.52 Å². The molecule has 6 nitrogen and oxygen atoms in total. The molecule has 0 amide bonds. The first-order chi connectivity index (χ1) is 7.15. The number of rotatable bonds is 2. The summed E-state index contributed by atoms with van der Waals surface area (Å²) >= 11 is 0. The van der Waals surface area contributed by atoms with E-state index in [0.717, 1.165) is 0 Å². The maximum Gasteiger partial charge on any atom is 0.361 e. The van der Waals surface area contributed by atoms with Crippen LogP contribution in [-0.2, 0) is 9.09 Å². The van der Waals surface area contributed by atoms with Gasteiger partial charge in [-0.15, -0.1) is 0 Å². The van der Waals surface area contributed by atoms with Crippen molar-refractivity contribution in [2.24, 2.45) is 9.76 Å². The van der Waals surface area contributed by atoms with E-state index in [1.54, 1.807) is 32.3 Å². The van der Waals surface area contributed by atoms with Crippen molar-refractivity contribution < 1.29 is 9.09 Å². The van der Waals surface area contributed by atoms with Crippen molar-refractivity contribution in [2.75, 3.05) is 6.61 Å².